The van der Waals surface area contributed by atoms with Crippen molar-refractivity contribution in [1.82, 2.24) is 0 Å². The minimum absolute atomic E-state index is 0.00442. The van der Waals surface area contributed by atoms with Gasteiger partial charge >= 0.3 is 0 Å². The Balaban J connectivity index is 1.89. The first kappa shape index (κ1) is 25.7. The van der Waals surface area contributed by atoms with Crippen LogP contribution in [-0.2, 0) is 29.1 Å². The van der Waals surface area contributed by atoms with Gasteiger partial charge in [0.1, 0.15) is 0 Å². The summed E-state index contributed by atoms with van der Waals surface area (Å²) in [5, 5.41) is 0. The summed E-state index contributed by atoms with van der Waals surface area (Å²) in [6.45, 7) is 23.4. The van der Waals surface area contributed by atoms with Crippen LogP contribution < -0.4 is 0 Å². The largest absolute Gasteiger partial charge is 0.0651 e. The van der Waals surface area contributed by atoms with Crippen LogP contribution in [0, 0.1) is 0 Å². The van der Waals surface area contributed by atoms with E-state index >= 15 is 0 Å². The first-order chi connectivity index (χ1) is 16.3. The van der Waals surface area contributed by atoms with Gasteiger partial charge in [0.15, 0.2) is 0 Å². The Bertz CT molecular complexity index is 1240. The summed E-state index contributed by atoms with van der Waals surface area (Å²) in [6, 6.07) is 19.5. The molecule has 1 aliphatic rings. The second kappa shape index (κ2) is 8.95. The molecule has 0 aromatic heterocycles. The quantitative estimate of drug-likeness (QED) is 0.351. The molecule has 35 heavy (non-hydrogen) atoms. The lowest BCUT2D eigenvalue weighted by atomic mass is 9.77. The van der Waals surface area contributed by atoms with Crippen molar-refractivity contribution < 1.29 is 0 Å². The molecule has 186 valence electrons. The van der Waals surface area contributed by atoms with Crippen LogP contribution in [0.4, 0.5) is 0 Å². The minimum atomic E-state index is 0.00442. The fourth-order valence-corrected chi connectivity index (χ4v) is 5.98. The number of benzene rings is 3. The molecule has 0 heterocycles. The molecule has 4 rings (SSSR count). The van der Waals surface area contributed by atoms with Crippen LogP contribution in [-0.4, -0.2) is 0 Å². The molecule has 0 N–H and O–H groups in total. The second-order valence-electron chi connectivity index (χ2n) is 13.3. The van der Waals surface area contributed by atoms with Gasteiger partial charge in [-0.1, -0.05) is 125 Å². The Morgan fingerprint density at radius 1 is 0.600 bits per heavy atom. The SMILES string of the molecule is CCCc1cc(C(C)(C)C)c(CCC)cc1-c1ccc2c(c1)C(C)(C)c1cc(C(C)(C)C)ccc1-2. The van der Waals surface area contributed by atoms with Crippen LogP contribution in [0.3, 0.4) is 0 Å². The number of aryl methyl sites for hydroxylation is 2. The smallest absolute Gasteiger partial charge is 0.0159 e. The van der Waals surface area contributed by atoms with Crippen molar-refractivity contribution in [2.75, 3.05) is 0 Å². The van der Waals surface area contributed by atoms with Gasteiger partial charge in [-0.15, -0.1) is 0 Å². The summed E-state index contributed by atoms with van der Waals surface area (Å²) in [7, 11) is 0. The zero-order valence-corrected chi connectivity index (χ0v) is 23.9. The van der Waals surface area contributed by atoms with Crippen LogP contribution in [0.15, 0.2) is 48.5 Å². The van der Waals surface area contributed by atoms with Crippen molar-refractivity contribution in [3.8, 4) is 22.3 Å². The average Bonchev–Trinajstić information content (AvgIpc) is 3.00. The summed E-state index contributed by atoms with van der Waals surface area (Å²) in [6.07, 6.45) is 4.61. The summed E-state index contributed by atoms with van der Waals surface area (Å²) >= 11 is 0. The van der Waals surface area contributed by atoms with Crippen molar-refractivity contribution in [2.45, 2.75) is 111 Å². The second-order valence-corrected chi connectivity index (χ2v) is 13.3. The first-order valence-corrected chi connectivity index (χ1v) is 13.8. The standard InChI is InChI=1S/C35H46/c1-11-13-23-20-30(34(6,7)8)25(14-12-2)19-29(23)24-15-17-27-28-18-16-26(33(3,4)5)22-32(28)35(9,10)31(27)21-24/h15-22H,11-14H2,1-10H3. The lowest BCUT2D eigenvalue weighted by Crippen LogP contribution is -2.18. The fourth-order valence-electron chi connectivity index (χ4n) is 5.98. The minimum Gasteiger partial charge on any atom is -0.0651 e. The summed E-state index contributed by atoms with van der Waals surface area (Å²) < 4.78 is 0. The van der Waals surface area contributed by atoms with Gasteiger partial charge in [-0.25, -0.2) is 0 Å². The Morgan fingerprint density at radius 3 is 1.74 bits per heavy atom. The van der Waals surface area contributed by atoms with Gasteiger partial charge in [0.05, 0.1) is 0 Å². The predicted octanol–water partition coefficient (Wildman–Crippen LogP) is 10.2. The molecular weight excluding hydrogens is 420 g/mol. The van der Waals surface area contributed by atoms with E-state index in [2.05, 4.69) is 118 Å². The van der Waals surface area contributed by atoms with Gasteiger partial charge in [-0.2, -0.15) is 0 Å². The van der Waals surface area contributed by atoms with E-state index in [0.717, 1.165) is 12.8 Å². The average molecular weight is 467 g/mol. The van der Waals surface area contributed by atoms with Crippen molar-refractivity contribution >= 4 is 0 Å². The van der Waals surface area contributed by atoms with Crippen LogP contribution in [0.25, 0.3) is 22.3 Å². The molecule has 0 amide bonds. The van der Waals surface area contributed by atoms with Crippen LogP contribution in [0.5, 0.6) is 0 Å². The third kappa shape index (κ3) is 4.62. The molecule has 0 radical (unpaired) electrons. The molecule has 0 heteroatoms. The highest BCUT2D eigenvalue weighted by Gasteiger charge is 2.36. The molecular formula is C35H46. The monoisotopic (exact) mass is 466 g/mol. The normalized spacial score (nSPS) is 14.7. The molecule has 0 spiro atoms. The molecule has 0 aliphatic heterocycles. The fraction of sp³-hybridized carbons (Fsp3) is 0.486. The molecule has 0 saturated carbocycles. The Labute approximate surface area is 215 Å². The van der Waals surface area contributed by atoms with Gasteiger partial charge < -0.3 is 0 Å². The lowest BCUT2D eigenvalue weighted by molar-refractivity contribution is 0.580. The van der Waals surface area contributed by atoms with E-state index in [4.69, 9.17) is 0 Å². The molecule has 3 aromatic rings. The Morgan fingerprint density at radius 2 is 1.17 bits per heavy atom. The van der Waals surface area contributed by atoms with E-state index in [1.54, 1.807) is 0 Å². The molecule has 3 aromatic carbocycles. The van der Waals surface area contributed by atoms with Gasteiger partial charge in [0.25, 0.3) is 0 Å². The van der Waals surface area contributed by atoms with Crippen LogP contribution in [0.2, 0.25) is 0 Å². The predicted molar refractivity (Wildman–Crippen MR) is 155 cm³/mol. The number of fused-ring (bicyclic) bond motifs is 3. The van der Waals surface area contributed by atoms with Gasteiger partial charge in [-0.3, -0.25) is 0 Å². The van der Waals surface area contributed by atoms with Crippen molar-refractivity contribution in [3.05, 3.63) is 81.9 Å². The van der Waals surface area contributed by atoms with Gasteiger partial charge in [0, 0.05) is 5.41 Å². The summed E-state index contributed by atoms with van der Waals surface area (Å²) in [4.78, 5) is 0. The number of rotatable bonds is 5. The highest BCUT2D eigenvalue weighted by molar-refractivity contribution is 5.84. The van der Waals surface area contributed by atoms with Crippen LogP contribution in [0.1, 0.15) is 115 Å². The van der Waals surface area contributed by atoms with E-state index in [1.807, 2.05) is 0 Å². The molecule has 0 fully saturated rings. The van der Waals surface area contributed by atoms with E-state index in [1.165, 1.54) is 68.5 Å². The number of hydrogen-bond acceptors (Lipinski definition) is 0. The van der Waals surface area contributed by atoms with E-state index in [0.29, 0.717) is 0 Å². The highest BCUT2D eigenvalue weighted by atomic mass is 14.4. The molecule has 0 unspecified atom stereocenters. The molecule has 0 saturated heterocycles. The van der Waals surface area contributed by atoms with Crippen LogP contribution >= 0.6 is 0 Å². The molecule has 0 nitrogen and oxygen atoms in total. The maximum Gasteiger partial charge on any atom is 0.0159 e. The third-order valence-electron chi connectivity index (χ3n) is 8.03. The van der Waals surface area contributed by atoms with Gasteiger partial charge in [-0.05, 0) is 85.4 Å². The third-order valence-corrected chi connectivity index (χ3v) is 8.03. The summed E-state index contributed by atoms with van der Waals surface area (Å²) in [5.41, 5.74) is 14.9. The summed E-state index contributed by atoms with van der Waals surface area (Å²) in [5.74, 6) is 0. The van der Waals surface area contributed by atoms with Crippen molar-refractivity contribution in [3.63, 3.8) is 0 Å². The highest BCUT2D eigenvalue weighted by Crippen LogP contribution is 2.51. The van der Waals surface area contributed by atoms with E-state index < -0.39 is 0 Å². The Kier molecular flexibility index (Phi) is 6.58. The maximum atomic E-state index is 2.53. The van der Waals surface area contributed by atoms with Crippen molar-refractivity contribution in [2.24, 2.45) is 0 Å². The maximum absolute atomic E-state index is 2.53. The molecule has 1 aliphatic carbocycles. The zero-order chi connectivity index (χ0) is 25.8. The van der Waals surface area contributed by atoms with Gasteiger partial charge in [0.2, 0.25) is 0 Å². The van der Waals surface area contributed by atoms with E-state index in [9.17, 15) is 0 Å². The van der Waals surface area contributed by atoms with Crippen molar-refractivity contribution in [1.29, 1.82) is 0 Å². The topological polar surface area (TPSA) is 0 Å². The lowest BCUT2D eigenvalue weighted by Gasteiger charge is -2.27. The van der Waals surface area contributed by atoms with E-state index in [-0.39, 0.29) is 16.2 Å². The molecule has 0 bridgehead atoms. The first-order valence-electron chi connectivity index (χ1n) is 13.8. The Hall–Kier alpha value is -2.34. The zero-order valence-electron chi connectivity index (χ0n) is 23.9. The molecule has 0 atom stereocenters. The number of hydrogen-bond donors (Lipinski definition) is 0.